The molecule has 0 bridgehead atoms. The minimum absolute atomic E-state index is 0.0680. The molecule has 116 valence electrons. The molecule has 0 saturated heterocycles. The van der Waals surface area contributed by atoms with Gasteiger partial charge in [0.15, 0.2) is 0 Å². The summed E-state index contributed by atoms with van der Waals surface area (Å²) in [7, 11) is 1.73. The lowest BCUT2D eigenvalue weighted by atomic mass is 9.84. The molecule has 0 aromatic heterocycles. The highest BCUT2D eigenvalue weighted by Gasteiger charge is 2.46. The van der Waals surface area contributed by atoms with E-state index in [2.05, 4.69) is 5.32 Å². The van der Waals surface area contributed by atoms with Gasteiger partial charge in [0.05, 0.1) is 6.61 Å². The third-order valence-corrected chi connectivity index (χ3v) is 4.28. The summed E-state index contributed by atoms with van der Waals surface area (Å²) in [5.74, 6) is -1.48. The molecule has 1 amide bonds. The number of likely N-dealkylation sites (N-methyl/N-ethyl adjacent to an activating group) is 1. The van der Waals surface area contributed by atoms with Crippen LogP contribution in [-0.4, -0.2) is 25.1 Å². The summed E-state index contributed by atoms with van der Waals surface area (Å²) in [6, 6.07) is 3.07. The lowest BCUT2D eigenvalue weighted by Gasteiger charge is -2.32. The van der Waals surface area contributed by atoms with Gasteiger partial charge >= 0.3 is 0 Å². The highest BCUT2D eigenvalue weighted by atomic mass is 19.1. The first-order chi connectivity index (χ1) is 9.98. The molecule has 4 nitrogen and oxygen atoms in total. The Morgan fingerprint density at radius 1 is 1.43 bits per heavy atom. The van der Waals surface area contributed by atoms with E-state index >= 15 is 0 Å². The SMILES string of the molecule is CNC1(C(N)=O)CCCC1CCOc1cc(F)cc(F)c1. The normalized spacial score (nSPS) is 25.0. The topological polar surface area (TPSA) is 64.3 Å². The summed E-state index contributed by atoms with van der Waals surface area (Å²) >= 11 is 0. The Balaban J connectivity index is 1.95. The second-order valence-corrected chi connectivity index (χ2v) is 5.42. The van der Waals surface area contributed by atoms with Gasteiger partial charge in [-0.2, -0.15) is 0 Å². The first-order valence-electron chi connectivity index (χ1n) is 7.05. The van der Waals surface area contributed by atoms with Crippen molar-refractivity contribution in [3.05, 3.63) is 29.8 Å². The number of ether oxygens (including phenoxy) is 1. The highest BCUT2D eigenvalue weighted by molar-refractivity contribution is 5.85. The van der Waals surface area contributed by atoms with E-state index in [1.54, 1.807) is 7.05 Å². The van der Waals surface area contributed by atoms with Gasteiger partial charge in [0, 0.05) is 18.2 Å². The average molecular weight is 298 g/mol. The van der Waals surface area contributed by atoms with E-state index in [0.29, 0.717) is 12.8 Å². The molecule has 1 aromatic carbocycles. The van der Waals surface area contributed by atoms with Crippen LogP contribution in [0.4, 0.5) is 8.78 Å². The van der Waals surface area contributed by atoms with E-state index in [-0.39, 0.29) is 24.2 Å². The molecule has 2 rings (SSSR count). The van der Waals surface area contributed by atoms with Crippen molar-refractivity contribution in [3.63, 3.8) is 0 Å². The monoisotopic (exact) mass is 298 g/mol. The Labute approximate surface area is 122 Å². The molecule has 2 atom stereocenters. The molecule has 2 unspecified atom stereocenters. The molecule has 1 aromatic rings. The summed E-state index contributed by atoms with van der Waals surface area (Å²) in [5.41, 5.74) is 4.82. The molecule has 1 aliphatic rings. The zero-order valence-electron chi connectivity index (χ0n) is 12.0. The predicted octanol–water partition coefficient (Wildman–Crippen LogP) is 1.98. The van der Waals surface area contributed by atoms with E-state index in [1.165, 1.54) is 0 Å². The molecule has 0 spiro atoms. The molecule has 1 fully saturated rings. The first kappa shape index (κ1) is 15.7. The lowest BCUT2D eigenvalue weighted by Crippen LogP contribution is -2.56. The Hall–Kier alpha value is -1.69. The van der Waals surface area contributed by atoms with Crippen LogP contribution in [0.3, 0.4) is 0 Å². The fraction of sp³-hybridized carbons (Fsp3) is 0.533. The van der Waals surface area contributed by atoms with Crippen LogP contribution in [0.5, 0.6) is 5.75 Å². The number of rotatable bonds is 6. The van der Waals surface area contributed by atoms with Gasteiger partial charge in [-0.1, -0.05) is 6.42 Å². The molecule has 3 N–H and O–H groups in total. The average Bonchev–Trinajstić information content (AvgIpc) is 2.82. The van der Waals surface area contributed by atoms with Crippen LogP contribution in [0.1, 0.15) is 25.7 Å². The third kappa shape index (κ3) is 3.32. The van der Waals surface area contributed by atoms with Crippen LogP contribution in [0.2, 0.25) is 0 Å². The number of primary amides is 1. The molecule has 0 heterocycles. The van der Waals surface area contributed by atoms with Gasteiger partial charge in [-0.15, -0.1) is 0 Å². The van der Waals surface area contributed by atoms with Crippen LogP contribution >= 0.6 is 0 Å². The van der Waals surface area contributed by atoms with E-state index in [1.807, 2.05) is 0 Å². The van der Waals surface area contributed by atoms with Crippen molar-refractivity contribution in [1.29, 1.82) is 0 Å². The number of halogens is 2. The highest BCUT2D eigenvalue weighted by Crippen LogP contribution is 2.37. The lowest BCUT2D eigenvalue weighted by molar-refractivity contribution is -0.125. The summed E-state index contributed by atoms with van der Waals surface area (Å²) < 4.78 is 31.5. The van der Waals surface area contributed by atoms with E-state index in [4.69, 9.17) is 10.5 Å². The first-order valence-corrected chi connectivity index (χ1v) is 7.05. The Kier molecular flexibility index (Phi) is 4.77. The van der Waals surface area contributed by atoms with Crippen LogP contribution in [0.15, 0.2) is 18.2 Å². The molecule has 21 heavy (non-hydrogen) atoms. The number of carbonyl (C=O) groups is 1. The Morgan fingerprint density at radius 3 is 2.67 bits per heavy atom. The molecule has 0 radical (unpaired) electrons. The van der Waals surface area contributed by atoms with Gasteiger partial charge in [0.25, 0.3) is 0 Å². The fourth-order valence-electron chi connectivity index (χ4n) is 3.18. The summed E-state index contributed by atoms with van der Waals surface area (Å²) in [6.45, 7) is 0.282. The van der Waals surface area contributed by atoms with E-state index < -0.39 is 17.2 Å². The number of nitrogens with two attached hydrogens (primary N) is 1. The van der Waals surface area contributed by atoms with Crippen molar-refractivity contribution >= 4 is 5.91 Å². The number of carbonyl (C=O) groups excluding carboxylic acids is 1. The maximum absolute atomic E-state index is 13.0. The van der Waals surface area contributed by atoms with Gasteiger partial charge in [-0.05, 0) is 32.2 Å². The minimum Gasteiger partial charge on any atom is -0.493 e. The number of nitrogens with one attached hydrogen (secondary N) is 1. The quantitative estimate of drug-likeness (QED) is 0.844. The second kappa shape index (κ2) is 6.39. The van der Waals surface area contributed by atoms with Crippen LogP contribution in [0.25, 0.3) is 0 Å². The van der Waals surface area contributed by atoms with Crippen molar-refractivity contribution in [2.45, 2.75) is 31.2 Å². The van der Waals surface area contributed by atoms with Crippen molar-refractivity contribution < 1.29 is 18.3 Å². The number of hydrogen-bond donors (Lipinski definition) is 2. The van der Waals surface area contributed by atoms with Crippen LogP contribution in [0, 0.1) is 17.6 Å². The molecule has 1 saturated carbocycles. The smallest absolute Gasteiger partial charge is 0.238 e. The van der Waals surface area contributed by atoms with Crippen LogP contribution < -0.4 is 15.8 Å². The van der Waals surface area contributed by atoms with Crippen molar-refractivity contribution in [2.75, 3.05) is 13.7 Å². The zero-order valence-corrected chi connectivity index (χ0v) is 12.0. The largest absolute Gasteiger partial charge is 0.493 e. The minimum atomic E-state index is -0.698. The second-order valence-electron chi connectivity index (χ2n) is 5.42. The van der Waals surface area contributed by atoms with Crippen LogP contribution in [-0.2, 0) is 4.79 Å². The number of benzene rings is 1. The Morgan fingerprint density at radius 2 is 2.10 bits per heavy atom. The summed E-state index contributed by atoms with van der Waals surface area (Å²) in [4.78, 5) is 11.7. The van der Waals surface area contributed by atoms with Gasteiger partial charge in [0.2, 0.25) is 5.91 Å². The number of amides is 1. The number of hydrogen-bond acceptors (Lipinski definition) is 3. The molecule has 0 aliphatic heterocycles. The predicted molar refractivity (Wildman–Crippen MR) is 74.8 cm³/mol. The molecular weight excluding hydrogens is 278 g/mol. The Bertz CT molecular complexity index is 504. The van der Waals surface area contributed by atoms with Gasteiger partial charge < -0.3 is 15.8 Å². The van der Waals surface area contributed by atoms with Gasteiger partial charge in [-0.25, -0.2) is 8.78 Å². The fourth-order valence-corrected chi connectivity index (χ4v) is 3.18. The van der Waals surface area contributed by atoms with Crippen molar-refractivity contribution in [2.24, 2.45) is 11.7 Å². The van der Waals surface area contributed by atoms with E-state index in [9.17, 15) is 13.6 Å². The maximum Gasteiger partial charge on any atom is 0.238 e. The zero-order chi connectivity index (χ0) is 15.5. The van der Waals surface area contributed by atoms with Crippen molar-refractivity contribution in [3.8, 4) is 5.75 Å². The van der Waals surface area contributed by atoms with E-state index in [0.717, 1.165) is 31.0 Å². The third-order valence-electron chi connectivity index (χ3n) is 4.28. The summed E-state index contributed by atoms with van der Waals surface area (Å²) in [6.07, 6.45) is 3.10. The molecule has 6 heteroatoms. The molecule has 1 aliphatic carbocycles. The van der Waals surface area contributed by atoms with Crippen molar-refractivity contribution in [1.82, 2.24) is 5.32 Å². The van der Waals surface area contributed by atoms with Gasteiger partial charge in [0.1, 0.15) is 22.9 Å². The maximum atomic E-state index is 13.0. The summed E-state index contributed by atoms with van der Waals surface area (Å²) in [5, 5.41) is 3.04. The standard InChI is InChI=1S/C15H20F2N2O2/c1-19-15(14(18)20)5-2-3-10(15)4-6-21-13-8-11(16)7-12(17)9-13/h7-10,19H,2-6H2,1H3,(H2,18,20). The molecular formula is C15H20F2N2O2. The van der Waals surface area contributed by atoms with Gasteiger partial charge in [-0.3, -0.25) is 4.79 Å².